The van der Waals surface area contributed by atoms with Gasteiger partial charge in [-0.05, 0) is 25.1 Å². The van der Waals surface area contributed by atoms with Crippen molar-refractivity contribution in [3.05, 3.63) is 29.8 Å². The second kappa shape index (κ2) is 3.66. The summed E-state index contributed by atoms with van der Waals surface area (Å²) in [6, 6.07) is 7.76. The van der Waals surface area contributed by atoms with Gasteiger partial charge in [0.2, 0.25) is 0 Å². The van der Waals surface area contributed by atoms with Crippen molar-refractivity contribution in [2.24, 2.45) is 9.98 Å². The van der Waals surface area contributed by atoms with E-state index in [4.69, 9.17) is 0 Å². The number of rotatable bonds is 3. The zero-order valence-corrected chi connectivity index (χ0v) is 6.33. The number of nitrogens with zero attached hydrogens (tertiary/aromatic N) is 2. The summed E-state index contributed by atoms with van der Waals surface area (Å²) < 4.78 is 0. The van der Waals surface area contributed by atoms with Gasteiger partial charge in [-0.2, -0.15) is 0 Å². The highest BCUT2D eigenvalue weighted by molar-refractivity contribution is 5.51. The van der Waals surface area contributed by atoms with Crippen molar-refractivity contribution < 1.29 is 0 Å². The molecule has 0 aliphatic carbocycles. The lowest BCUT2D eigenvalue weighted by atomic mass is 10.2. The van der Waals surface area contributed by atoms with Crippen LogP contribution in [0.25, 0.3) is 0 Å². The van der Waals surface area contributed by atoms with Gasteiger partial charge in [0.05, 0.1) is 12.2 Å². The summed E-state index contributed by atoms with van der Waals surface area (Å²) in [5.74, 6) is 0. The summed E-state index contributed by atoms with van der Waals surface area (Å²) in [6.07, 6.45) is 0. The molecule has 1 aromatic rings. The molecule has 0 fully saturated rings. The maximum atomic E-state index is 3.85. The van der Waals surface area contributed by atoms with Crippen molar-refractivity contribution in [3.63, 3.8) is 0 Å². The van der Waals surface area contributed by atoms with Gasteiger partial charge < -0.3 is 0 Å². The van der Waals surface area contributed by atoms with E-state index in [9.17, 15) is 0 Å². The van der Waals surface area contributed by atoms with Gasteiger partial charge in [-0.1, -0.05) is 18.2 Å². The Morgan fingerprint density at radius 1 is 1.18 bits per heavy atom. The van der Waals surface area contributed by atoms with E-state index < -0.39 is 0 Å². The first-order chi connectivity index (χ1) is 5.38. The normalized spacial score (nSPS) is 9.09. The van der Waals surface area contributed by atoms with Gasteiger partial charge >= 0.3 is 0 Å². The third kappa shape index (κ3) is 1.74. The predicted molar refractivity (Wildman–Crippen MR) is 48.9 cm³/mol. The minimum atomic E-state index is 0.606. The quantitative estimate of drug-likeness (QED) is 0.584. The van der Waals surface area contributed by atoms with Crippen molar-refractivity contribution in [2.45, 2.75) is 6.54 Å². The SMILES string of the molecule is C=NCc1ccccc1N=C. The molecule has 0 saturated heterocycles. The van der Waals surface area contributed by atoms with Gasteiger partial charge in [-0.3, -0.25) is 9.98 Å². The van der Waals surface area contributed by atoms with Gasteiger partial charge in [0.15, 0.2) is 0 Å². The highest BCUT2D eigenvalue weighted by Gasteiger charge is 1.95. The lowest BCUT2D eigenvalue weighted by molar-refractivity contribution is 1.08. The Labute approximate surface area is 66.3 Å². The second-order valence-electron chi connectivity index (χ2n) is 2.17. The topological polar surface area (TPSA) is 24.7 Å². The summed E-state index contributed by atoms with van der Waals surface area (Å²) in [5, 5.41) is 0. The minimum absolute atomic E-state index is 0.606. The molecule has 0 saturated carbocycles. The molecule has 0 heterocycles. The van der Waals surface area contributed by atoms with E-state index >= 15 is 0 Å². The Bertz CT molecular complexity index is 266. The fourth-order valence-corrected chi connectivity index (χ4v) is 0.919. The maximum absolute atomic E-state index is 3.85. The van der Waals surface area contributed by atoms with Crippen LogP contribution in [0.15, 0.2) is 34.3 Å². The summed E-state index contributed by atoms with van der Waals surface area (Å²) in [7, 11) is 0. The third-order valence-electron chi connectivity index (χ3n) is 1.44. The molecule has 0 N–H and O–H groups in total. The molecule has 0 aromatic heterocycles. The van der Waals surface area contributed by atoms with Crippen LogP contribution in [0.3, 0.4) is 0 Å². The molecule has 1 rings (SSSR count). The summed E-state index contributed by atoms with van der Waals surface area (Å²) in [6.45, 7) is 7.49. The van der Waals surface area contributed by atoms with Crippen LogP contribution in [0.4, 0.5) is 5.69 Å². The molecule has 0 unspecified atom stereocenters. The van der Waals surface area contributed by atoms with E-state index in [0.29, 0.717) is 6.54 Å². The first-order valence-electron chi connectivity index (χ1n) is 3.35. The van der Waals surface area contributed by atoms with Crippen molar-refractivity contribution >= 4 is 19.1 Å². The molecule has 2 heteroatoms. The third-order valence-corrected chi connectivity index (χ3v) is 1.44. The molecule has 0 radical (unpaired) electrons. The molecule has 0 spiro atoms. The van der Waals surface area contributed by atoms with Crippen LogP contribution >= 0.6 is 0 Å². The smallest absolute Gasteiger partial charge is 0.0673 e. The average Bonchev–Trinajstić information content (AvgIpc) is 2.06. The fourth-order valence-electron chi connectivity index (χ4n) is 0.919. The minimum Gasteiger partial charge on any atom is -0.296 e. The molecule has 0 amide bonds. The van der Waals surface area contributed by atoms with Crippen LogP contribution in [0.5, 0.6) is 0 Å². The summed E-state index contributed by atoms with van der Waals surface area (Å²) >= 11 is 0. The standard InChI is InChI=1S/C9H10N2/c1-10-7-8-5-3-4-6-9(8)11-2/h3-6H,1-2,7H2. The molecule has 11 heavy (non-hydrogen) atoms. The van der Waals surface area contributed by atoms with Crippen molar-refractivity contribution in [2.75, 3.05) is 0 Å². The Morgan fingerprint density at radius 3 is 2.55 bits per heavy atom. The van der Waals surface area contributed by atoms with Crippen molar-refractivity contribution in [3.8, 4) is 0 Å². The average molecular weight is 146 g/mol. The molecule has 2 nitrogen and oxygen atoms in total. The highest BCUT2D eigenvalue weighted by Crippen LogP contribution is 2.17. The molecule has 0 atom stereocenters. The lowest BCUT2D eigenvalue weighted by Crippen LogP contribution is -1.80. The summed E-state index contributed by atoms with van der Waals surface area (Å²) in [5.41, 5.74) is 1.96. The first-order valence-corrected chi connectivity index (χ1v) is 3.35. The van der Waals surface area contributed by atoms with E-state index in [0.717, 1.165) is 11.3 Å². The van der Waals surface area contributed by atoms with Crippen molar-refractivity contribution in [1.29, 1.82) is 0 Å². The van der Waals surface area contributed by atoms with Crippen LogP contribution in [0, 0.1) is 0 Å². The molecular weight excluding hydrogens is 136 g/mol. The molecule has 56 valence electrons. The van der Waals surface area contributed by atoms with Gasteiger partial charge in [0, 0.05) is 0 Å². The Kier molecular flexibility index (Phi) is 2.55. The molecule has 1 aromatic carbocycles. The van der Waals surface area contributed by atoms with E-state index in [1.165, 1.54) is 0 Å². The Morgan fingerprint density at radius 2 is 1.91 bits per heavy atom. The lowest BCUT2D eigenvalue weighted by Gasteiger charge is -1.99. The Balaban J connectivity index is 3.01. The number of para-hydroxylation sites is 1. The second-order valence-corrected chi connectivity index (χ2v) is 2.17. The van der Waals surface area contributed by atoms with Crippen molar-refractivity contribution in [1.82, 2.24) is 0 Å². The van der Waals surface area contributed by atoms with Gasteiger partial charge in [0.1, 0.15) is 0 Å². The fraction of sp³-hybridized carbons (Fsp3) is 0.111. The van der Waals surface area contributed by atoms with E-state index in [-0.39, 0.29) is 0 Å². The Hall–Kier alpha value is -1.44. The predicted octanol–water partition coefficient (Wildman–Crippen LogP) is 2.22. The molecule has 0 bridgehead atoms. The van der Waals surface area contributed by atoms with E-state index in [2.05, 4.69) is 23.4 Å². The van der Waals surface area contributed by atoms with Gasteiger partial charge in [0.25, 0.3) is 0 Å². The van der Waals surface area contributed by atoms with Crippen LogP contribution in [-0.2, 0) is 6.54 Å². The van der Waals surface area contributed by atoms with Crippen LogP contribution in [0.2, 0.25) is 0 Å². The summed E-state index contributed by atoms with van der Waals surface area (Å²) in [4.78, 5) is 7.63. The van der Waals surface area contributed by atoms with Crippen LogP contribution in [-0.4, -0.2) is 13.4 Å². The zero-order valence-electron chi connectivity index (χ0n) is 6.33. The first kappa shape index (κ1) is 7.66. The number of hydrogen-bond acceptors (Lipinski definition) is 2. The largest absolute Gasteiger partial charge is 0.296 e. The number of hydrogen-bond donors (Lipinski definition) is 0. The maximum Gasteiger partial charge on any atom is 0.0673 e. The van der Waals surface area contributed by atoms with E-state index in [1.54, 1.807) is 0 Å². The van der Waals surface area contributed by atoms with Crippen LogP contribution < -0.4 is 0 Å². The van der Waals surface area contributed by atoms with E-state index in [1.807, 2.05) is 24.3 Å². The number of aliphatic imine (C=N–C) groups is 2. The zero-order chi connectivity index (χ0) is 8.10. The monoisotopic (exact) mass is 146 g/mol. The molecular formula is C9H10N2. The molecule has 0 aliphatic rings. The van der Waals surface area contributed by atoms with Gasteiger partial charge in [-0.25, -0.2) is 0 Å². The van der Waals surface area contributed by atoms with Crippen LogP contribution in [0.1, 0.15) is 5.56 Å². The van der Waals surface area contributed by atoms with Gasteiger partial charge in [-0.15, -0.1) is 0 Å². The number of benzene rings is 1. The molecule has 0 aliphatic heterocycles. The highest BCUT2D eigenvalue weighted by atomic mass is 14.7.